The minimum absolute atomic E-state index is 0.0564. The normalized spacial score (nSPS) is 20.4. The standard InChI is InChI=1S/C19H30N4O/c1-14-20-17(19(24)23-16-11-5-2-3-6-12-16)13-18(21-14)22-15-9-7-4-8-10-15/h13,15-16H,2-12H2,1H3,(H,23,24)(H,20,21,22). The molecule has 2 aliphatic carbocycles. The van der Waals surface area contributed by atoms with Gasteiger partial charge in [-0.05, 0) is 32.6 Å². The molecule has 0 unspecified atom stereocenters. The van der Waals surface area contributed by atoms with Crippen LogP contribution in [-0.2, 0) is 0 Å². The van der Waals surface area contributed by atoms with Crippen molar-refractivity contribution in [2.75, 3.05) is 5.32 Å². The van der Waals surface area contributed by atoms with Gasteiger partial charge in [-0.1, -0.05) is 44.9 Å². The van der Waals surface area contributed by atoms with Crippen molar-refractivity contribution in [3.8, 4) is 0 Å². The molecule has 0 aliphatic heterocycles. The van der Waals surface area contributed by atoms with Gasteiger partial charge in [-0.2, -0.15) is 0 Å². The molecule has 3 rings (SSSR count). The Balaban J connectivity index is 1.64. The fourth-order valence-electron chi connectivity index (χ4n) is 3.90. The van der Waals surface area contributed by atoms with Crippen LogP contribution in [0.5, 0.6) is 0 Å². The van der Waals surface area contributed by atoms with Crippen LogP contribution in [0.2, 0.25) is 0 Å². The molecule has 24 heavy (non-hydrogen) atoms. The van der Waals surface area contributed by atoms with E-state index in [4.69, 9.17) is 0 Å². The predicted molar refractivity (Wildman–Crippen MR) is 96.2 cm³/mol. The van der Waals surface area contributed by atoms with Crippen LogP contribution in [0.25, 0.3) is 0 Å². The zero-order chi connectivity index (χ0) is 16.8. The number of hydrogen-bond acceptors (Lipinski definition) is 4. The predicted octanol–water partition coefficient (Wildman–Crippen LogP) is 3.98. The lowest BCUT2D eigenvalue weighted by Crippen LogP contribution is -2.35. The molecule has 0 saturated heterocycles. The molecular formula is C19H30N4O. The van der Waals surface area contributed by atoms with E-state index in [0.717, 1.165) is 18.7 Å². The van der Waals surface area contributed by atoms with Crippen molar-refractivity contribution in [2.45, 2.75) is 89.6 Å². The summed E-state index contributed by atoms with van der Waals surface area (Å²) in [6.07, 6.45) is 13.4. The molecule has 2 fully saturated rings. The van der Waals surface area contributed by atoms with Crippen molar-refractivity contribution < 1.29 is 4.79 Å². The molecule has 0 atom stereocenters. The van der Waals surface area contributed by atoms with Gasteiger partial charge < -0.3 is 10.6 Å². The maximum absolute atomic E-state index is 12.6. The van der Waals surface area contributed by atoms with Gasteiger partial charge in [0.2, 0.25) is 0 Å². The van der Waals surface area contributed by atoms with Crippen LogP contribution in [0.1, 0.15) is 86.9 Å². The molecule has 5 nitrogen and oxygen atoms in total. The topological polar surface area (TPSA) is 66.9 Å². The number of carbonyl (C=O) groups excluding carboxylic acids is 1. The number of carbonyl (C=O) groups is 1. The van der Waals surface area contributed by atoms with Crippen LogP contribution >= 0.6 is 0 Å². The van der Waals surface area contributed by atoms with Crippen LogP contribution < -0.4 is 10.6 Å². The number of rotatable bonds is 4. The number of anilines is 1. The number of hydrogen-bond donors (Lipinski definition) is 2. The first-order valence-corrected chi connectivity index (χ1v) is 9.64. The molecule has 0 radical (unpaired) electrons. The summed E-state index contributed by atoms with van der Waals surface area (Å²) in [7, 11) is 0. The smallest absolute Gasteiger partial charge is 0.270 e. The quantitative estimate of drug-likeness (QED) is 0.819. The summed E-state index contributed by atoms with van der Waals surface area (Å²) in [5.74, 6) is 1.39. The lowest BCUT2D eigenvalue weighted by molar-refractivity contribution is 0.0928. The summed E-state index contributed by atoms with van der Waals surface area (Å²) >= 11 is 0. The van der Waals surface area contributed by atoms with Crippen molar-refractivity contribution in [2.24, 2.45) is 0 Å². The fraction of sp³-hybridized carbons (Fsp3) is 0.737. The second kappa shape index (κ2) is 8.45. The van der Waals surface area contributed by atoms with Crippen LogP contribution in [0.4, 0.5) is 5.82 Å². The Morgan fingerprint density at radius 1 is 0.917 bits per heavy atom. The number of nitrogens with zero attached hydrogens (tertiary/aromatic N) is 2. The van der Waals surface area contributed by atoms with E-state index in [2.05, 4.69) is 20.6 Å². The molecule has 0 aromatic carbocycles. The maximum atomic E-state index is 12.6. The van der Waals surface area contributed by atoms with Crippen LogP contribution in [-0.4, -0.2) is 28.0 Å². The van der Waals surface area contributed by atoms with Gasteiger partial charge in [-0.15, -0.1) is 0 Å². The average molecular weight is 330 g/mol. The van der Waals surface area contributed by atoms with E-state index in [0.29, 0.717) is 23.6 Å². The molecule has 0 bridgehead atoms. The van der Waals surface area contributed by atoms with Gasteiger partial charge in [0.05, 0.1) is 0 Å². The first-order chi connectivity index (χ1) is 11.7. The van der Waals surface area contributed by atoms with Crippen LogP contribution in [0, 0.1) is 6.92 Å². The van der Waals surface area contributed by atoms with Crippen molar-refractivity contribution in [1.82, 2.24) is 15.3 Å². The molecule has 1 aromatic heterocycles. The largest absolute Gasteiger partial charge is 0.367 e. The highest BCUT2D eigenvalue weighted by Crippen LogP contribution is 2.21. The third kappa shape index (κ3) is 4.92. The van der Waals surface area contributed by atoms with Crippen molar-refractivity contribution in [1.29, 1.82) is 0 Å². The molecular weight excluding hydrogens is 300 g/mol. The monoisotopic (exact) mass is 330 g/mol. The Labute approximate surface area is 145 Å². The summed E-state index contributed by atoms with van der Waals surface area (Å²) in [6.45, 7) is 1.86. The van der Waals surface area contributed by atoms with E-state index >= 15 is 0 Å². The first-order valence-electron chi connectivity index (χ1n) is 9.64. The Morgan fingerprint density at radius 2 is 1.50 bits per heavy atom. The second-order valence-electron chi connectivity index (χ2n) is 7.33. The summed E-state index contributed by atoms with van der Waals surface area (Å²) in [5, 5.41) is 6.68. The minimum Gasteiger partial charge on any atom is -0.367 e. The zero-order valence-corrected chi connectivity index (χ0v) is 14.8. The van der Waals surface area contributed by atoms with Gasteiger partial charge in [0.25, 0.3) is 5.91 Å². The lowest BCUT2D eigenvalue weighted by Gasteiger charge is -2.23. The van der Waals surface area contributed by atoms with Crippen molar-refractivity contribution in [3.63, 3.8) is 0 Å². The average Bonchev–Trinajstić information content (AvgIpc) is 2.84. The second-order valence-corrected chi connectivity index (χ2v) is 7.33. The number of aromatic nitrogens is 2. The molecule has 1 heterocycles. The summed E-state index contributed by atoms with van der Waals surface area (Å²) in [5.41, 5.74) is 0.491. The van der Waals surface area contributed by atoms with Gasteiger partial charge in [0.1, 0.15) is 17.3 Å². The van der Waals surface area contributed by atoms with Gasteiger partial charge in [-0.3, -0.25) is 4.79 Å². The SMILES string of the molecule is Cc1nc(NC2CCCCC2)cc(C(=O)NC2CCCCCC2)n1. The highest BCUT2D eigenvalue weighted by Gasteiger charge is 2.19. The van der Waals surface area contributed by atoms with Gasteiger partial charge >= 0.3 is 0 Å². The molecule has 2 aliphatic rings. The molecule has 2 saturated carbocycles. The number of nitrogens with one attached hydrogen (secondary N) is 2. The summed E-state index contributed by atoms with van der Waals surface area (Å²) in [4.78, 5) is 21.4. The van der Waals surface area contributed by atoms with Crippen molar-refractivity contribution in [3.05, 3.63) is 17.6 Å². The van der Waals surface area contributed by atoms with E-state index in [1.54, 1.807) is 0 Å². The van der Waals surface area contributed by atoms with Gasteiger partial charge in [0, 0.05) is 18.2 Å². The molecule has 1 amide bonds. The Morgan fingerprint density at radius 3 is 2.17 bits per heavy atom. The molecule has 132 valence electrons. The van der Waals surface area contributed by atoms with E-state index in [-0.39, 0.29) is 5.91 Å². The third-order valence-corrected chi connectivity index (χ3v) is 5.22. The van der Waals surface area contributed by atoms with E-state index in [1.807, 2.05) is 13.0 Å². The molecule has 2 N–H and O–H groups in total. The highest BCUT2D eigenvalue weighted by atomic mass is 16.1. The van der Waals surface area contributed by atoms with E-state index in [9.17, 15) is 4.79 Å². The first kappa shape index (κ1) is 17.2. The Bertz CT molecular complexity index is 546. The summed E-state index contributed by atoms with van der Waals surface area (Å²) < 4.78 is 0. The van der Waals surface area contributed by atoms with Crippen LogP contribution in [0.3, 0.4) is 0 Å². The van der Waals surface area contributed by atoms with Gasteiger partial charge in [0.15, 0.2) is 0 Å². The third-order valence-electron chi connectivity index (χ3n) is 5.22. The van der Waals surface area contributed by atoms with Crippen LogP contribution in [0.15, 0.2) is 6.07 Å². The summed E-state index contributed by atoms with van der Waals surface area (Å²) in [6, 6.07) is 2.59. The number of amides is 1. The fourth-order valence-corrected chi connectivity index (χ4v) is 3.90. The molecule has 5 heteroatoms. The van der Waals surface area contributed by atoms with E-state index in [1.165, 1.54) is 57.8 Å². The Hall–Kier alpha value is -1.65. The highest BCUT2D eigenvalue weighted by molar-refractivity contribution is 5.93. The zero-order valence-electron chi connectivity index (χ0n) is 14.8. The Kier molecular flexibility index (Phi) is 6.05. The maximum Gasteiger partial charge on any atom is 0.270 e. The van der Waals surface area contributed by atoms with Gasteiger partial charge in [-0.25, -0.2) is 9.97 Å². The van der Waals surface area contributed by atoms with Crippen molar-refractivity contribution >= 4 is 11.7 Å². The molecule has 0 spiro atoms. The molecule has 1 aromatic rings. The minimum atomic E-state index is -0.0564. The number of aryl methyl sites for hydroxylation is 1. The lowest BCUT2D eigenvalue weighted by atomic mass is 9.95. The van der Waals surface area contributed by atoms with E-state index < -0.39 is 0 Å².